The van der Waals surface area contributed by atoms with Gasteiger partial charge in [-0.05, 0) is 62.4 Å². The van der Waals surface area contributed by atoms with Crippen molar-refractivity contribution < 1.29 is 22.6 Å². The highest BCUT2D eigenvalue weighted by Crippen LogP contribution is 2.46. The zero-order chi connectivity index (χ0) is 26.1. The molecule has 37 heavy (non-hydrogen) atoms. The Morgan fingerprint density at radius 3 is 2.73 bits per heavy atom. The third kappa shape index (κ3) is 4.00. The van der Waals surface area contributed by atoms with Crippen molar-refractivity contribution in [3.63, 3.8) is 0 Å². The molecule has 4 aromatic rings. The molecule has 1 saturated heterocycles. The fourth-order valence-electron chi connectivity index (χ4n) is 5.60. The first-order valence-corrected chi connectivity index (χ1v) is 12.4. The molecule has 3 atom stereocenters. The molecule has 6 nitrogen and oxygen atoms in total. The second kappa shape index (κ2) is 8.79. The van der Waals surface area contributed by atoms with Gasteiger partial charge in [-0.25, -0.2) is 23.1 Å². The first kappa shape index (κ1) is 24.3. The normalized spacial score (nSPS) is 22.8. The Hall–Kier alpha value is -3.01. The molecule has 6 rings (SSSR count). The van der Waals surface area contributed by atoms with Crippen LogP contribution >= 0.6 is 11.6 Å². The molecule has 0 unspecified atom stereocenters. The van der Waals surface area contributed by atoms with Gasteiger partial charge in [0.1, 0.15) is 35.2 Å². The Bertz CT molecular complexity index is 1570. The number of hydrogen-bond donors (Lipinski definition) is 0. The summed E-state index contributed by atoms with van der Waals surface area (Å²) in [5, 5.41) is 1.84. The zero-order valence-corrected chi connectivity index (χ0v) is 21.1. The quantitative estimate of drug-likeness (QED) is 0.214. The van der Waals surface area contributed by atoms with Gasteiger partial charge in [-0.2, -0.15) is 0 Å². The molecule has 2 aliphatic rings. The van der Waals surface area contributed by atoms with E-state index in [1.165, 1.54) is 18.6 Å². The standard InChI is InChI=1S/C27H24ClF3N4O2/c1-13-10-32-11-18-14(8-17(25(30)31)21(29)20(13)18)4-5-15-9-19(23-22(15)36-27(2,3)37-23)35-7-6-16-24(28)33-12-34-26(16)35/h6-12,19,22-23,25H,4-5H2,1-3H3/t19-,22-,23+/m1/s1. The second-order valence-electron chi connectivity index (χ2n) is 10.00. The fraction of sp³-hybridized carbons (Fsp3) is 0.370. The van der Waals surface area contributed by atoms with Crippen LogP contribution in [0.1, 0.15) is 49.4 Å². The molecule has 1 aliphatic carbocycles. The van der Waals surface area contributed by atoms with Gasteiger partial charge in [-0.3, -0.25) is 4.98 Å². The van der Waals surface area contributed by atoms with E-state index in [0.29, 0.717) is 40.2 Å². The molecule has 0 N–H and O–H groups in total. The van der Waals surface area contributed by atoms with E-state index >= 15 is 0 Å². The Balaban J connectivity index is 1.38. The summed E-state index contributed by atoms with van der Waals surface area (Å²) in [5.74, 6) is -1.68. The lowest BCUT2D eigenvalue weighted by atomic mass is 9.94. The van der Waals surface area contributed by atoms with Crippen LogP contribution in [-0.4, -0.2) is 37.5 Å². The highest BCUT2D eigenvalue weighted by molar-refractivity contribution is 6.33. The minimum absolute atomic E-state index is 0.191. The third-order valence-electron chi connectivity index (χ3n) is 7.20. The number of ether oxygens (including phenoxy) is 2. The van der Waals surface area contributed by atoms with Crippen LogP contribution in [0.4, 0.5) is 13.2 Å². The van der Waals surface area contributed by atoms with Gasteiger partial charge >= 0.3 is 0 Å². The Morgan fingerprint density at radius 2 is 1.95 bits per heavy atom. The molecular weight excluding hydrogens is 505 g/mol. The maximum Gasteiger partial charge on any atom is 0.266 e. The summed E-state index contributed by atoms with van der Waals surface area (Å²) in [7, 11) is 0. The number of alkyl halides is 2. The largest absolute Gasteiger partial charge is 0.342 e. The SMILES string of the molecule is Cc1cncc2c(CCC3=C[C@@H](n4ccc5c(Cl)ncnc54)[C@@H]4OC(C)(C)O[C@H]34)cc(C(F)F)c(F)c12. The summed E-state index contributed by atoms with van der Waals surface area (Å²) >= 11 is 6.26. The number of rotatable bonds is 5. The number of hydrogen-bond acceptors (Lipinski definition) is 5. The Morgan fingerprint density at radius 1 is 1.14 bits per heavy atom. The fourth-order valence-corrected chi connectivity index (χ4v) is 5.79. The van der Waals surface area contributed by atoms with Crippen LogP contribution in [0.25, 0.3) is 21.8 Å². The van der Waals surface area contributed by atoms with Gasteiger partial charge in [0.15, 0.2) is 5.79 Å². The van der Waals surface area contributed by atoms with Crippen LogP contribution in [-0.2, 0) is 15.9 Å². The number of fused-ring (bicyclic) bond motifs is 3. The van der Waals surface area contributed by atoms with Gasteiger partial charge in [-0.1, -0.05) is 17.7 Å². The molecule has 1 aliphatic heterocycles. The molecule has 0 radical (unpaired) electrons. The lowest BCUT2D eigenvalue weighted by Crippen LogP contribution is -2.27. The molecule has 0 spiro atoms. The molecular formula is C27H24ClF3N4O2. The van der Waals surface area contributed by atoms with Crippen molar-refractivity contribution in [2.45, 2.75) is 64.1 Å². The first-order chi connectivity index (χ1) is 17.6. The molecule has 1 aromatic carbocycles. The van der Waals surface area contributed by atoms with Crippen molar-refractivity contribution in [2.75, 3.05) is 0 Å². The van der Waals surface area contributed by atoms with Crippen molar-refractivity contribution in [1.29, 1.82) is 0 Å². The van der Waals surface area contributed by atoms with Gasteiger partial charge in [0, 0.05) is 29.4 Å². The van der Waals surface area contributed by atoms with Gasteiger partial charge in [0.2, 0.25) is 0 Å². The van der Waals surface area contributed by atoms with Gasteiger partial charge in [0.05, 0.1) is 17.0 Å². The Labute approximate surface area is 216 Å². The second-order valence-corrected chi connectivity index (χ2v) is 10.4. The van der Waals surface area contributed by atoms with E-state index in [0.717, 1.165) is 11.0 Å². The minimum atomic E-state index is -2.92. The minimum Gasteiger partial charge on any atom is -0.342 e. The maximum atomic E-state index is 14.9. The predicted molar refractivity (Wildman–Crippen MR) is 133 cm³/mol. The zero-order valence-electron chi connectivity index (χ0n) is 20.4. The van der Waals surface area contributed by atoms with Crippen LogP contribution in [0, 0.1) is 12.7 Å². The van der Waals surface area contributed by atoms with E-state index in [1.807, 2.05) is 30.7 Å². The van der Waals surface area contributed by atoms with Crippen LogP contribution in [0.3, 0.4) is 0 Å². The average Bonchev–Trinajstić information content (AvgIpc) is 3.50. The number of halogens is 4. The third-order valence-corrected chi connectivity index (χ3v) is 7.50. The Kier molecular flexibility index (Phi) is 5.78. The highest BCUT2D eigenvalue weighted by atomic mass is 35.5. The van der Waals surface area contributed by atoms with E-state index in [2.05, 4.69) is 21.0 Å². The topological polar surface area (TPSA) is 62.1 Å². The number of benzene rings is 1. The summed E-state index contributed by atoms with van der Waals surface area (Å²) in [5.41, 5.74) is 2.22. The van der Waals surface area contributed by atoms with E-state index in [4.69, 9.17) is 21.1 Å². The van der Waals surface area contributed by atoms with Gasteiger partial charge in [-0.15, -0.1) is 0 Å². The maximum absolute atomic E-state index is 14.9. The molecule has 192 valence electrons. The molecule has 0 saturated carbocycles. The van der Waals surface area contributed by atoms with Crippen molar-refractivity contribution in [3.05, 3.63) is 76.4 Å². The number of nitrogens with zero attached hydrogens (tertiary/aromatic N) is 4. The van der Waals surface area contributed by atoms with Crippen molar-refractivity contribution >= 4 is 33.4 Å². The van der Waals surface area contributed by atoms with E-state index in [9.17, 15) is 13.2 Å². The van der Waals surface area contributed by atoms with Crippen molar-refractivity contribution in [3.8, 4) is 0 Å². The molecule has 10 heteroatoms. The lowest BCUT2D eigenvalue weighted by molar-refractivity contribution is -0.147. The molecule has 0 amide bonds. The van der Waals surface area contributed by atoms with Crippen LogP contribution < -0.4 is 0 Å². The van der Waals surface area contributed by atoms with Crippen molar-refractivity contribution in [2.24, 2.45) is 0 Å². The smallest absolute Gasteiger partial charge is 0.266 e. The monoisotopic (exact) mass is 528 g/mol. The number of pyridine rings is 1. The van der Waals surface area contributed by atoms with Gasteiger partial charge in [0.25, 0.3) is 6.43 Å². The number of aryl methyl sites for hydroxylation is 2. The molecule has 0 bridgehead atoms. The van der Waals surface area contributed by atoms with Crippen molar-refractivity contribution in [1.82, 2.24) is 19.5 Å². The summed E-state index contributed by atoms with van der Waals surface area (Å²) in [6.07, 6.45) is 5.82. The summed E-state index contributed by atoms with van der Waals surface area (Å²) in [4.78, 5) is 12.7. The predicted octanol–water partition coefficient (Wildman–Crippen LogP) is 6.65. The van der Waals surface area contributed by atoms with Gasteiger partial charge < -0.3 is 14.0 Å². The van der Waals surface area contributed by atoms with Crippen LogP contribution in [0.2, 0.25) is 5.15 Å². The number of aromatic nitrogens is 4. The van der Waals surface area contributed by atoms with E-state index in [-0.39, 0.29) is 23.6 Å². The first-order valence-electron chi connectivity index (χ1n) is 12.0. The summed E-state index contributed by atoms with van der Waals surface area (Å²) < 4.78 is 56.9. The van der Waals surface area contributed by atoms with Crippen LogP contribution in [0.5, 0.6) is 0 Å². The summed E-state index contributed by atoms with van der Waals surface area (Å²) in [6.45, 7) is 5.41. The lowest BCUT2D eigenvalue weighted by Gasteiger charge is -2.22. The molecule has 1 fully saturated rings. The van der Waals surface area contributed by atoms with E-state index < -0.39 is 23.6 Å². The molecule has 3 aromatic heterocycles. The average molecular weight is 529 g/mol. The summed E-state index contributed by atoms with van der Waals surface area (Å²) in [6, 6.07) is 2.92. The van der Waals surface area contributed by atoms with E-state index in [1.54, 1.807) is 13.1 Å². The molecule has 4 heterocycles. The van der Waals surface area contributed by atoms with Crippen LogP contribution in [0.15, 0.2) is 48.7 Å². The highest BCUT2D eigenvalue weighted by Gasteiger charge is 2.50.